The molecule has 0 saturated heterocycles. The monoisotopic (exact) mass is 306 g/mol. The van der Waals surface area contributed by atoms with Gasteiger partial charge in [0.2, 0.25) is 10.0 Å². The van der Waals surface area contributed by atoms with E-state index >= 15 is 0 Å². The van der Waals surface area contributed by atoms with Crippen LogP contribution in [0.5, 0.6) is 0 Å². The van der Waals surface area contributed by atoms with Gasteiger partial charge in [0.25, 0.3) is 0 Å². The third kappa shape index (κ3) is 4.15. The topological polar surface area (TPSA) is 85.4 Å². The molecule has 0 radical (unpaired) electrons. The molecule has 8 heteroatoms. The third-order valence-electron chi connectivity index (χ3n) is 2.41. The number of sulfonamides is 1. The molecule has 1 N–H and O–H groups in total. The standard InChI is InChI=1S/C11H15ClN2O4S/c1-7(2)10(11(15)18-3)14-19(16,17)8-4-5-9(12)13-6-8/h4-7,10,14H,1-3H3. The number of hydrogen-bond donors (Lipinski definition) is 1. The predicted molar refractivity (Wildman–Crippen MR) is 70.2 cm³/mol. The molecule has 1 aromatic heterocycles. The molecule has 19 heavy (non-hydrogen) atoms. The fourth-order valence-corrected chi connectivity index (χ4v) is 2.73. The van der Waals surface area contributed by atoms with Gasteiger partial charge in [-0.1, -0.05) is 25.4 Å². The molecule has 0 saturated carbocycles. The molecule has 0 bridgehead atoms. The van der Waals surface area contributed by atoms with Gasteiger partial charge in [0, 0.05) is 6.20 Å². The van der Waals surface area contributed by atoms with Crippen molar-refractivity contribution in [3.05, 3.63) is 23.5 Å². The molecule has 1 rings (SSSR count). The van der Waals surface area contributed by atoms with Crippen LogP contribution in [0.4, 0.5) is 0 Å². The van der Waals surface area contributed by atoms with Crippen LogP contribution in [0, 0.1) is 5.92 Å². The van der Waals surface area contributed by atoms with Crippen molar-refractivity contribution >= 4 is 27.6 Å². The van der Waals surface area contributed by atoms with E-state index in [2.05, 4.69) is 14.4 Å². The summed E-state index contributed by atoms with van der Waals surface area (Å²) in [5.74, 6) is -0.886. The van der Waals surface area contributed by atoms with Gasteiger partial charge in [0.1, 0.15) is 16.1 Å². The van der Waals surface area contributed by atoms with Crippen molar-refractivity contribution in [2.75, 3.05) is 7.11 Å². The Balaban J connectivity index is 3.00. The molecular weight excluding hydrogens is 292 g/mol. The maximum Gasteiger partial charge on any atom is 0.324 e. The minimum absolute atomic E-state index is 0.0635. The maximum absolute atomic E-state index is 12.1. The predicted octanol–water partition coefficient (Wildman–Crippen LogP) is 1.21. The van der Waals surface area contributed by atoms with E-state index in [9.17, 15) is 13.2 Å². The van der Waals surface area contributed by atoms with Crippen molar-refractivity contribution in [3.63, 3.8) is 0 Å². The van der Waals surface area contributed by atoms with Crippen molar-refractivity contribution in [2.45, 2.75) is 24.8 Å². The Hall–Kier alpha value is -1.18. The Kier molecular flexibility index (Phi) is 5.28. The Morgan fingerprint density at radius 1 is 1.42 bits per heavy atom. The average Bonchev–Trinajstić information content (AvgIpc) is 2.35. The average molecular weight is 307 g/mol. The number of methoxy groups -OCH3 is 1. The molecule has 0 amide bonds. The van der Waals surface area contributed by atoms with Gasteiger partial charge < -0.3 is 4.74 Å². The first-order valence-electron chi connectivity index (χ1n) is 5.49. The summed E-state index contributed by atoms with van der Waals surface area (Å²) in [5, 5.41) is 0.187. The van der Waals surface area contributed by atoms with E-state index < -0.39 is 22.0 Å². The summed E-state index contributed by atoms with van der Waals surface area (Å²) in [4.78, 5) is 15.2. The van der Waals surface area contributed by atoms with Crippen LogP contribution >= 0.6 is 11.6 Å². The van der Waals surface area contributed by atoms with Gasteiger partial charge >= 0.3 is 5.97 Å². The van der Waals surface area contributed by atoms with Gasteiger partial charge in [0.15, 0.2) is 0 Å². The number of carbonyl (C=O) groups is 1. The van der Waals surface area contributed by atoms with E-state index in [-0.39, 0.29) is 16.0 Å². The molecule has 1 unspecified atom stereocenters. The number of pyridine rings is 1. The molecule has 1 aromatic rings. The second kappa shape index (κ2) is 6.31. The van der Waals surface area contributed by atoms with Crippen molar-refractivity contribution in [1.29, 1.82) is 0 Å². The molecule has 0 fully saturated rings. The summed E-state index contributed by atoms with van der Waals surface area (Å²) in [6.45, 7) is 3.43. The lowest BCUT2D eigenvalue weighted by Gasteiger charge is -2.19. The summed E-state index contributed by atoms with van der Waals surface area (Å²) >= 11 is 5.59. The van der Waals surface area contributed by atoms with Gasteiger partial charge in [-0.15, -0.1) is 0 Å². The summed E-state index contributed by atoms with van der Waals surface area (Å²) in [6, 6.07) is 1.72. The first-order valence-corrected chi connectivity index (χ1v) is 7.35. The highest BCUT2D eigenvalue weighted by atomic mass is 35.5. The van der Waals surface area contributed by atoms with E-state index in [1.165, 1.54) is 19.2 Å². The molecule has 0 aliphatic rings. The summed E-state index contributed by atoms with van der Waals surface area (Å²) < 4.78 is 31.0. The lowest BCUT2D eigenvalue weighted by molar-refractivity contribution is -0.143. The second-order valence-corrected chi connectivity index (χ2v) is 6.28. The van der Waals surface area contributed by atoms with Gasteiger partial charge in [-0.05, 0) is 18.1 Å². The number of rotatable bonds is 5. The van der Waals surface area contributed by atoms with E-state index in [0.29, 0.717) is 0 Å². The lowest BCUT2D eigenvalue weighted by atomic mass is 10.1. The molecule has 6 nitrogen and oxygen atoms in total. The van der Waals surface area contributed by atoms with Crippen molar-refractivity contribution in [2.24, 2.45) is 5.92 Å². The Morgan fingerprint density at radius 2 is 2.05 bits per heavy atom. The normalized spacial score (nSPS) is 13.3. The first-order chi connectivity index (χ1) is 8.77. The van der Waals surface area contributed by atoms with E-state index in [1.807, 2.05) is 0 Å². The highest BCUT2D eigenvalue weighted by Gasteiger charge is 2.29. The molecule has 1 heterocycles. The zero-order valence-electron chi connectivity index (χ0n) is 10.8. The fraction of sp³-hybridized carbons (Fsp3) is 0.455. The maximum atomic E-state index is 12.1. The van der Waals surface area contributed by atoms with Crippen LogP contribution in [0.3, 0.4) is 0 Å². The number of carbonyl (C=O) groups excluding carboxylic acids is 1. The number of aromatic nitrogens is 1. The largest absolute Gasteiger partial charge is 0.468 e. The third-order valence-corrected chi connectivity index (χ3v) is 4.06. The van der Waals surface area contributed by atoms with E-state index in [0.717, 1.165) is 6.20 Å². The van der Waals surface area contributed by atoms with Crippen LogP contribution in [-0.4, -0.2) is 32.5 Å². The summed E-state index contributed by atoms with van der Waals surface area (Å²) in [7, 11) is -2.64. The highest BCUT2D eigenvalue weighted by molar-refractivity contribution is 7.89. The number of nitrogens with zero attached hydrogens (tertiary/aromatic N) is 1. The molecule has 0 aliphatic heterocycles. The number of esters is 1. The quantitative estimate of drug-likeness (QED) is 0.653. The molecule has 1 atom stereocenters. The SMILES string of the molecule is COC(=O)C(NS(=O)(=O)c1ccc(Cl)nc1)C(C)C. The van der Waals surface area contributed by atoms with Crippen LogP contribution in [0.1, 0.15) is 13.8 Å². The Labute approximate surface area is 117 Å². The molecule has 106 valence electrons. The first kappa shape index (κ1) is 15.9. The molecular formula is C11H15ClN2O4S. The van der Waals surface area contributed by atoms with Gasteiger partial charge in [0.05, 0.1) is 7.11 Å². The van der Waals surface area contributed by atoms with Gasteiger partial charge in [-0.3, -0.25) is 4.79 Å². The van der Waals surface area contributed by atoms with Crippen molar-refractivity contribution in [1.82, 2.24) is 9.71 Å². The van der Waals surface area contributed by atoms with Crippen LogP contribution in [0.15, 0.2) is 23.2 Å². The minimum atomic E-state index is -3.85. The fourth-order valence-electron chi connectivity index (χ4n) is 1.34. The van der Waals surface area contributed by atoms with Crippen molar-refractivity contribution in [3.8, 4) is 0 Å². The Bertz CT molecular complexity index is 542. The zero-order valence-corrected chi connectivity index (χ0v) is 12.3. The van der Waals surface area contributed by atoms with Crippen LogP contribution in [-0.2, 0) is 19.6 Å². The summed E-state index contributed by atoms with van der Waals surface area (Å²) in [6.07, 6.45) is 1.12. The van der Waals surface area contributed by atoms with Crippen LogP contribution < -0.4 is 4.72 Å². The zero-order chi connectivity index (χ0) is 14.6. The van der Waals surface area contributed by atoms with Gasteiger partial charge in [-0.2, -0.15) is 4.72 Å². The Morgan fingerprint density at radius 3 is 2.47 bits per heavy atom. The number of hydrogen-bond acceptors (Lipinski definition) is 5. The molecule has 0 aromatic carbocycles. The molecule has 0 spiro atoms. The minimum Gasteiger partial charge on any atom is -0.468 e. The van der Waals surface area contributed by atoms with E-state index in [4.69, 9.17) is 11.6 Å². The number of halogens is 1. The van der Waals surface area contributed by atoms with Crippen LogP contribution in [0.25, 0.3) is 0 Å². The van der Waals surface area contributed by atoms with Crippen molar-refractivity contribution < 1.29 is 17.9 Å². The molecule has 0 aliphatic carbocycles. The number of nitrogens with one attached hydrogen (secondary N) is 1. The smallest absolute Gasteiger partial charge is 0.324 e. The number of ether oxygens (including phenoxy) is 1. The highest BCUT2D eigenvalue weighted by Crippen LogP contribution is 2.13. The second-order valence-electron chi connectivity index (χ2n) is 4.18. The van der Waals surface area contributed by atoms with Crippen LogP contribution in [0.2, 0.25) is 5.15 Å². The van der Waals surface area contributed by atoms with E-state index in [1.54, 1.807) is 13.8 Å². The van der Waals surface area contributed by atoms with Gasteiger partial charge in [-0.25, -0.2) is 13.4 Å². The lowest BCUT2D eigenvalue weighted by Crippen LogP contribution is -2.44. The summed E-state index contributed by atoms with van der Waals surface area (Å²) in [5.41, 5.74) is 0.